The minimum atomic E-state index is -0.825. The van der Waals surface area contributed by atoms with E-state index in [1.165, 1.54) is 13.2 Å². The fraction of sp³-hybridized carbons (Fsp3) is 0.125. The first-order valence-electron chi connectivity index (χ1n) is 6.92. The van der Waals surface area contributed by atoms with Crippen molar-refractivity contribution in [1.29, 1.82) is 0 Å². The smallest absolute Gasteiger partial charge is 0.314 e. The number of hydrogen-bond acceptors (Lipinski definition) is 5. The molecule has 0 aromatic heterocycles. The highest BCUT2D eigenvalue weighted by Crippen LogP contribution is 2.34. The van der Waals surface area contributed by atoms with Gasteiger partial charge in [0.15, 0.2) is 11.5 Å². The fourth-order valence-electron chi connectivity index (χ4n) is 2.09. The second-order valence-corrected chi connectivity index (χ2v) is 5.23. The maximum Gasteiger partial charge on any atom is 0.314 e. The van der Waals surface area contributed by atoms with Crippen molar-refractivity contribution < 1.29 is 23.8 Å². The lowest BCUT2D eigenvalue weighted by Crippen LogP contribution is -2.29. The Balaban J connectivity index is 1.64. The number of rotatable bonds is 3. The molecule has 8 heteroatoms. The van der Waals surface area contributed by atoms with Crippen LogP contribution in [0.2, 0.25) is 5.02 Å². The summed E-state index contributed by atoms with van der Waals surface area (Å²) in [4.78, 5) is 23.9. The van der Waals surface area contributed by atoms with E-state index < -0.39 is 11.8 Å². The molecule has 2 N–H and O–H groups in total. The van der Waals surface area contributed by atoms with Crippen molar-refractivity contribution in [3.8, 4) is 17.2 Å². The van der Waals surface area contributed by atoms with Crippen LogP contribution in [0, 0.1) is 0 Å². The summed E-state index contributed by atoms with van der Waals surface area (Å²) in [7, 11) is 1.48. The number of carbonyl (C=O) groups excluding carboxylic acids is 2. The minimum Gasteiger partial charge on any atom is -0.495 e. The Morgan fingerprint density at radius 2 is 1.62 bits per heavy atom. The Hall–Kier alpha value is -2.93. The van der Waals surface area contributed by atoms with Crippen LogP contribution in [-0.4, -0.2) is 25.7 Å². The van der Waals surface area contributed by atoms with Crippen molar-refractivity contribution in [2.24, 2.45) is 0 Å². The number of halogens is 1. The molecule has 0 fully saturated rings. The van der Waals surface area contributed by atoms with Crippen LogP contribution < -0.4 is 24.8 Å². The molecule has 2 aromatic rings. The van der Waals surface area contributed by atoms with Gasteiger partial charge in [-0.2, -0.15) is 0 Å². The largest absolute Gasteiger partial charge is 0.495 e. The SMILES string of the molecule is COc1ccc(NC(=O)C(=O)Nc2ccc3c(c2)OCO3)cc1Cl. The molecule has 0 saturated heterocycles. The normalized spacial score (nSPS) is 11.8. The van der Waals surface area contributed by atoms with Crippen LogP contribution in [-0.2, 0) is 9.59 Å². The van der Waals surface area contributed by atoms with E-state index in [1.54, 1.807) is 30.3 Å². The molecular formula is C16H13ClN2O5. The second kappa shape index (κ2) is 6.67. The molecule has 1 aliphatic heterocycles. The molecular weight excluding hydrogens is 336 g/mol. The highest BCUT2D eigenvalue weighted by Gasteiger charge is 2.18. The predicted molar refractivity (Wildman–Crippen MR) is 87.8 cm³/mol. The summed E-state index contributed by atoms with van der Waals surface area (Å²) < 4.78 is 15.4. The molecule has 0 saturated carbocycles. The second-order valence-electron chi connectivity index (χ2n) is 4.83. The summed E-state index contributed by atoms with van der Waals surface area (Å²) in [6.07, 6.45) is 0. The van der Waals surface area contributed by atoms with Gasteiger partial charge in [0.2, 0.25) is 6.79 Å². The maximum atomic E-state index is 12.0. The number of ether oxygens (including phenoxy) is 3. The predicted octanol–water partition coefficient (Wildman–Crippen LogP) is 2.65. The summed E-state index contributed by atoms with van der Waals surface area (Å²) in [5, 5.41) is 5.27. The van der Waals surface area contributed by atoms with Gasteiger partial charge in [0.25, 0.3) is 0 Å². The van der Waals surface area contributed by atoms with E-state index in [2.05, 4.69) is 10.6 Å². The van der Waals surface area contributed by atoms with E-state index in [1.807, 2.05) is 0 Å². The highest BCUT2D eigenvalue weighted by molar-refractivity contribution is 6.43. The summed E-state index contributed by atoms with van der Waals surface area (Å²) in [5.41, 5.74) is 0.804. The lowest BCUT2D eigenvalue weighted by atomic mass is 10.2. The molecule has 1 heterocycles. The molecule has 0 spiro atoms. The van der Waals surface area contributed by atoms with Gasteiger partial charge in [-0.25, -0.2) is 0 Å². The molecule has 3 rings (SSSR count). The van der Waals surface area contributed by atoms with Crippen LogP contribution >= 0.6 is 11.6 Å². The lowest BCUT2D eigenvalue weighted by molar-refractivity contribution is -0.132. The van der Waals surface area contributed by atoms with Gasteiger partial charge in [-0.05, 0) is 30.3 Å². The van der Waals surface area contributed by atoms with Crippen LogP contribution in [0.15, 0.2) is 36.4 Å². The third-order valence-electron chi connectivity index (χ3n) is 3.25. The third kappa shape index (κ3) is 3.36. The van der Waals surface area contributed by atoms with Crippen LogP contribution in [0.3, 0.4) is 0 Å². The van der Waals surface area contributed by atoms with E-state index >= 15 is 0 Å². The molecule has 0 atom stereocenters. The Bertz CT molecular complexity index is 809. The molecule has 2 aromatic carbocycles. The van der Waals surface area contributed by atoms with Gasteiger partial charge in [0.05, 0.1) is 12.1 Å². The van der Waals surface area contributed by atoms with Crippen molar-refractivity contribution in [3.63, 3.8) is 0 Å². The van der Waals surface area contributed by atoms with E-state index in [0.29, 0.717) is 33.6 Å². The quantitative estimate of drug-likeness (QED) is 0.833. The van der Waals surface area contributed by atoms with Crippen LogP contribution in [0.25, 0.3) is 0 Å². The fourth-order valence-corrected chi connectivity index (χ4v) is 2.35. The van der Waals surface area contributed by atoms with Gasteiger partial charge in [-0.1, -0.05) is 11.6 Å². The number of amides is 2. The number of carbonyl (C=O) groups is 2. The highest BCUT2D eigenvalue weighted by atomic mass is 35.5. The zero-order valence-electron chi connectivity index (χ0n) is 12.6. The molecule has 0 radical (unpaired) electrons. The topological polar surface area (TPSA) is 85.9 Å². The Labute approximate surface area is 142 Å². The summed E-state index contributed by atoms with van der Waals surface area (Å²) >= 11 is 5.97. The maximum absolute atomic E-state index is 12.0. The number of methoxy groups -OCH3 is 1. The minimum absolute atomic E-state index is 0.130. The van der Waals surface area contributed by atoms with Gasteiger partial charge < -0.3 is 24.8 Å². The summed E-state index contributed by atoms with van der Waals surface area (Å²) in [5.74, 6) is -0.0744. The van der Waals surface area contributed by atoms with E-state index in [9.17, 15) is 9.59 Å². The van der Waals surface area contributed by atoms with Crippen LogP contribution in [0.5, 0.6) is 17.2 Å². The van der Waals surface area contributed by atoms with Crippen LogP contribution in [0.4, 0.5) is 11.4 Å². The number of anilines is 2. The Morgan fingerprint density at radius 1 is 1.00 bits per heavy atom. The molecule has 124 valence electrons. The Kier molecular flexibility index (Phi) is 4.43. The molecule has 0 unspecified atom stereocenters. The Morgan fingerprint density at radius 3 is 2.29 bits per heavy atom. The molecule has 7 nitrogen and oxygen atoms in total. The zero-order chi connectivity index (χ0) is 17.1. The van der Waals surface area contributed by atoms with Crippen molar-refractivity contribution >= 4 is 34.8 Å². The van der Waals surface area contributed by atoms with Crippen LogP contribution in [0.1, 0.15) is 0 Å². The first-order chi connectivity index (χ1) is 11.6. The molecule has 2 amide bonds. The van der Waals surface area contributed by atoms with Crippen molar-refractivity contribution in [3.05, 3.63) is 41.4 Å². The van der Waals surface area contributed by atoms with Gasteiger partial charge >= 0.3 is 11.8 Å². The third-order valence-corrected chi connectivity index (χ3v) is 3.54. The van der Waals surface area contributed by atoms with Gasteiger partial charge in [-0.3, -0.25) is 9.59 Å². The average Bonchev–Trinajstić information content (AvgIpc) is 3.02. The average molecular weight is 349 g/mol. The van der Waals surface area contributed by atoms with Gasteiger partial charge in [-0.15, -0.1) is 0 Å². The number of fused-ring (bicyclic) bond motifs is 1. The molecule has 0 bridgehead atoms. The van der Waals surface area contributed by atoms with Crippen molar-refractivity contribution in [1.82, 2.24) is 0 Å². The van der Waals surface area contributed by atoms with E-state index in [4.69, 9.17) is 25.8 Å². The number of nitrogens with one attached hydrogen (secondary N) is 2. The monoisotopic (exact) mass is 348 g/mol. The van der Waals surface area contributed by atoms with E-state index in [-0.39, 0.29) is 6.79 Å². The summed E-state index contributed by atoms with van der Waals surface area (Å²) in [6, 6.07) is 9.51. The van der Waals surface area contributed by atoms with E-state index in [0.717, 1.165) is 0 Å². The zero-order valence-corrected chi connectivity index (χ0v) is 13.3. The molecule has 0 aliphatic carbocycles. The first kappa shape index (κ1) is 15.9. The summed E-state index contributed by atoms with van der Waals surface area (Å²) in [6.45, 7) is 0.130. The number of hydrogen-bond donors (Lipinski definition) is 2. The standard InChI is InChI=1S/C16H13ClN2O5/c1-22-12-4-2-9(6-11(12)17)18-15(20)16(21)19-10-3-5-13-14(7-10)24-8-23-13/h2-7H,8H2,1H3,(H,18,20)(H,19,21). The van der Waals surface area contributed by atoms with Gasteiger partial charge in [0.1, 0.15) is 5.75 Å². The van der Waals surface area contributed by atoms with Crippen molar-refractivity contribution in [2.45, 2.75) is 0 Å². The van der Waals surface area contributed by atoms with Crippen molar-refractivity contribution in [2.75, 3.05) is 24.5 Å². The lowest BCUT2D eigenvalue weighted by Gasteiger charge is -2.09. The molecule has 24 heavy (non-hydrogen) atoms. The first-order valence-corrected chi connectivity index (χ1v) is 7.30. The van der Waals surface area contributed by atoms with Gasteiger partial charge in [0, 0.05) is 17.4 Å². The number of benzene rings is 2. The molecule has 1 aliphatic rings.